The fraction of sp³-hybridized carbons (Fsp3) is 0.562. The molecule has 0 radical (unpaired) electrons. The Bertz CT molecular complexity index is 564. The van der Waals surface area contributed by atoms with Crippen LogP contribution in [-0.4, -0.2) is 12.5 Å². The van der Waals surface area contributed by atoms with Gasteiger partial charge < -0.3 is 15.8 Å². The van der Waals surface area contributed by atoms with Crippen molar-refractivity contribution in [2.24, 2.45) is 22.5 Å². The van der Waals surface area contributed by atoms with Gasteiger partial charge in [0.05, 0.1) is 5.69 Å². The van der Waals surface area contributed by atoms with Gasteiger partial charge in [-0.2, -0.15) is 0 Å². The van der Waals surface area contributed by atoms with Crippen molar-refractivity contribution in [3.8, 4) is 5.75 Å². The minimum absolute atomic E-state index is 0.0240. The third kappa shape index (κ3) is 1.74. The molecule has 1 fully saturated rings. The van der Waals surface area contributed by atoms with Crippen molar-refractivity contribution in [3.63, 3.8) is 0 Å². The predicted molar refractivity (Wildman–Crippen MR) is 78.5 cm³/mol. The lowest BCUT2D eigenvalue weighted by Gasteiger charge is -2.21. The highest BCUT2D eigenvalue weighted by molar-refractivity contribution is 5.95. The molecule has 20 heavy (non-hydrogen) atoms. The van der Waals surface area contributed by atoms with Crippen LogP contribution < -0.4 is 15.8 Å². The van der Waals surface area contributed by atoms with Crippen LogP contribution in [0.5, 0.6) is 5.75 Å². The SMILES string of the molecule is CC1(C)C(C(N)c2ccc3c(c2)NC(=O)CO3)C1(C)C. The van der Waals surface area contributed by atoms with Crippen molar-refractivity contribution in [1.82, 2.24) is 0 Å². The van der Waals surface area contributed by atoms with E-state index < -0.39 is 0 Å². The van der Waals surface area contributed by atoms with E-state index in [2.05, 4.69) is 33.0 Å². The molecule has 1 amide bonds. The lowest BCUT2D eigenvalue weighted by molar-refractivity contribution is -0.118. The second kappa shape index (κ2) is 3.98. The van der Waals surface area contributed by atoms with Crippen molar-refractivity contribution < 1.29 is 9.53 Å². The maximum atomic E-state index is 11.4. The second-order valence-electron chi connectivity index (χ2n) is 7.04. The molecule has 1 aromatic rings. The highest BCUT2D eigenvalue weighted by Gasteiger charge is 2.66. The number of amides is 1. The maximum Gasteiger partial charge on any atom is 0.262 e. The Balaban J connectivity index is 1.89. The van der Waals surface area contributed by atoms with Gasteiger partial charge in [0.1, 0.15) is 5.75 Å². The van der Waals surface area contributed by atoms with Crippen LogP contribution in [0.25, 0.3) is 0 Å². The van der Waals surface area contributed by atoms with Gasteiger partial charge in [0.2, 0.25) is 0 Å². The van der Waals surface area contributed by atoms with E-state index in [9.17, 15) is 4.79 Å². The number of nitrogens with two attached hydrogens (primary N) is 1. The quantitative estimate of drug-likeness (QED) is 0.871. The van der Waals surface area contributed by atoms with E-state index in [0.29, 0.717) is 5.92 Å². The Kier molecular flexibility index (Phi) is 2.67. The molecule has 108 valence electrons. The monoisotopic (exact) mass is 274 g/mol. The first-order valence-corrected chi connectivity index (χ1v) is 7.07. The number of hydrogen-bond acceptors (Lipinski definition) is 3. The average molecular weight is 274 g/mol. The first kappa shape index (κ1) is 13.4. The molecule has 1 unspecified atom stereocenters. The Labute approximate surface area is 119 Å². The van der Waals surface area contributed by atoms with Gasteiger partial charge in [-0.05, 0) is 34.4 Å². The molecule has 1 atom stereocenters. The summed E-state index contributed by atoms with van der Waals surface area (Å²) >= 11 is 0. The van der Waals surface area contributed by atoms with E-state index in [1.54, 1.807) is 0 Å². The van der Waals surface area contributed by atoms with Crippen molar-refractivity contribution >= 4 is 11.6 Å². The second-order valence-corrected chi connectivity index (χ2v) is 7.04. The summed E-state index contributed by atoms with van der Waals surface area (Å²) in [6.07, 6.45) is 0. The molecule has 0 aromatic heterocycles. The van der Waals surface area contributed by atoms with Gasteiger partial charge in [-0.3, -0.25) is 4.79 Å². The zero-order valence-corrected chi connectivity index (χ0v) is 12.5. The molecular weight excluding hydrogens is 252 g/mol. The third-order valence-corrected chi connectivity index (χ3v) is 5.51. The summed E-state index contributed by atoms with van der Waals surface area (Å²) in [5.74, 6) is 1.04. The van der Waals surface area contributed by atoms with Gasteiger partial charge in [0.25, 0.3) is 5.91 Å². The van der Waals surface area contributed by atoms with Crippen molar-refractivity contribution in [2.75, 3.05) is 11.9 Å². The highest BCUT2D eigenvalue weighted by atomic mass is 16.5. The zero-order chi connectivity index (χ0) is 14.7. The van der Waals surface area contributed by atoms with Crippen LogP contribution in [0, 0.1) is 16.7 Å². The van der Waals surface area contributed by atoms with E-state index >= 15 is 0 Å². The van der Waals surface area contributed by atoms with Crippen molar-refractivity contribution in [1.29, 1.82) is 0 Å². The van der Waals surface area contributed by atoms with Crippen LogP contribution in [0.2, 0.25) is 0 Å². The molecule has 0 saturated heterocycles. The Hall–Kier alpha value is -1.55. The molecule has 1 heterocycles. The number of carbonyl (C=O) groups is 1. The molecule has 2 aliphatic rings. The molecule has 4 heteroatoms. The maximum absolute atomic E-state index is 11.4. The number of fused-ring (bicyclic) bond motifs is 1. The third-order valence-electron chi connectivity index (χ3n) is 5.51. The fourth-order valence-electron chi connectivity index (χ4n) is 3.65. The predicted octanol–water partition coefficient (Wildman–Crippen LogP) is 2.70. The molecule has 0 spiro atoms. The van der Waals surface area contributed by atoms with Gasteiger partial charge in [-0.1, -0.05) is 33.8 Å². The van der Waals surface area contributed by atoms with E-state index in [4.69, 9.17) is 10.5 Å². The number of hydrogen-bond donors (Lipinski definition) is 2. The number of nitrogens with one attached hydrogen (secondary N) is 1. The number of anilines is 1. The summed E-state index contributed by atoms with van der Waals surface area (Å²) < 4.78 is 5.38. The summed E-state index contributed by atoms with van der Waals surface area (Å²) in [5.41, 5.74) is 8.72. The van der Waals surface area contributed by atoms with Gasteiger partial charge >= 0.3 is 0 Å². The topological polar surface area (TPSA) is 64.3 Å². The smallest absolute Gasteiger partial charge is 0.262 e. The molecule has 1 aromatic carbocycles. The highest BCUT2D eigenvalue weighted by Crippen LogP contribution is 2.71. The van der Waals surface area contributed by atoms with E-state index in [0.717, 1.165) is 17.0 Å². The summed E-state index contributed by atoms with van der Waals surface area (Å²) in [6, 6.07) is 5.82. The average Bonchev–Trinajstić information content (AvgIpc) is 2.78. The molecule has 4 nitrogen and oxygen atoms in total. The van der Waals surface area contributed by atoms with Crippen LogP contribution >= 0.6 is 0 Å². The molecular formula is C16H22N2O2. The molecule has 3 N–H and O–H groups in total. The first-order chi connectivity index (χ1) is 9.25. The van der Waals surface area contributed by atoms with Gasteiger partial charge in [-0.25, -0.2) is 0 Å². The van der Waals surface area contributed by atoms with Crippen LogP contribution in [-0.2, 0) is 4.79 Å². The summed E-state index contributed by atoms with van der Waals surface area (Å²) in [5, 5.41) is 2.84. The van der Waals surface area contributed by atoms with Crippen LogP contribution in [0.1, 0.15) is 39.3 Å². The molecule has 1 saturated carbocycles. The van der Waals surface area contributed by atoms with Crippen LogP contribution in [0.4, 0.5) is 5.69 Å². The Morgan fingerprint density at radius 3 is 2.55 bits per heavy atom. The fourth-order valence-corrected chi connectivity index (χ4v) is 3.65. The normalized spacial score (nSPS) is 24.4. The zero-order valence-electron chi connectivity index (χ0n) is 12.5. The minimum atomic E-state index is -0.115. The van der Waals surface area contributed by atoms with Crippen molar-refractivity contribution in [3.05, 3.63) is 23.8 Å². The largest absolute Gasteiger partial charge is 0.482 e. The van der Waals surface area contributed by atoms with Gasteiger partial charge in [0, 0.05) is 6.04 Å². The molecule has 3 rings (SSSR count). The molecule has 1 aliphatic heterocycles. The number of benzene rings is 1. The van der Waals surface area contributed by atoms with Gasteiger partial charge in [0.15, 0.2) is 6.61 Å². The Morgan fingerprint density at radius 1 is 1.30 bits per heavy atom. The Morgan fingerprint density at radius 2 is 1.95 bits per heavy atom. The van der Waals surface area contributed by atoms with E-state index in [-0.39, 0.29) is 29.4 Å². The lowest BCUT2D eigenvalue weighted by atomic mass is 9.96. The standard InChI is InChI=1S/C16H22N2O2/c1-15(2)14(16(15,3)4)13(17)9-5-6-11-10(7-9)18-12(19)8-20-11/h5-7,13-14H,8,17H2,1-4H3,(H,18,19). The minimum Gasteiger partial charge on any atom is -0.482 e. The summed E-state index contributed by atoms with van der Waals surface area (Å²) in [4.78, 5) is 11.4. The van der Waals surface area contributed by atoms with Crippen LogP contribution in [0.15, 0.2) is 18.2 Å². The van der Waals surface area contributed by atoms with E-state index in [1.165, 1.54) is 0 Å². The van der Waals surface area contributed by atoms with E-state index in [1.807, 2.05) is 18.2 Å². The number of rotatable bonds is 2. The first-order valence-electron chi connectivity index (χ1n) is 7.07. The summed E-state index contributed by atoms with van der Waals surface area (Å²) in [6.45, 7) is 9.14. The number of carbonyl (C=O) groups excluding carboxylic acids is 1. The number of ether oxygens (including phenoxy) is 1. The lowest BCUT2D eigenvalue weighted by Crippen LogP contribution is -2.26. The summed E-state index contributed by atoms with van der Waals surface area (Å²) in [7, 11) is 0. The van der Waals surface area contributed by atoms with Crippen LogP contribution in [0.3, 0.4) is 0 Å². The van der Waals surface area contributed by atoms with Gasteiger partial charge in [-0.15, -0.1) is 0 Å². The molecule has 1 aliphatic carbocycles. The van der Waals surface area contributed by atoms with Crippen molar-refractivity contribution in [2.45, 2.75) is 33.7 Å². The molecule has 0 bridgehead atoms.